The molecule has 144 valence electrons. The van der Waals surface area contributed by atoms with Gasteiger partial charge in [-0.05, 0) is 51.0 Å². The third-order valence-corrected chi connectivity index (χ3v) is 3.25. The van der Waals surface area contributed by atoms with E-state index < -0.39 is 5.97 Å². The van der Waals surface area contributed by atoms with Crippen LogP contribution in [0.2, 0.25) is 5.02 Å². The molecule has 0 spiro atoms. The fraction of sp³-hybridized carbons (Fsp3) is 0.474. The third kappa shape index (κ3) is 7.78. The normalized spacial score (nSPS) is 11.3. The average Bonchev–Trinajstić information content (AvgIpc) is 2.55. The molecular weight excluding hydrogens is 358 g/mol. The van der Waals surface area contributed by atoms with Crippen molar-refractivity contribution in [2.45, 2.75) is 39.7 Å². The first kappa shape index (κ1) is 21.8. The molecule has 0 saturated carbocycles. The Morgan fingerprint density at radius 1 is 1.27 bits per heavy atom. The molecule has 1 aromatic rings. The van der Waals surface area contributed by atoms with Crippen LogP contribution in [0.1, 0.15) is 39.7 Å². The van der Waals surface area contributed by atoms with E-state index in [1.165, 1.54) is 19.3 Å². The van der Waals surface area contributed by atoms with Crippen molar-refractivity contribution in [3.05, 3.63) is 28.8 Å². The molecule has 1 rings (SSSR count). The number of nitrogens with one attached hydrogen (secondary N) is 1. The van der Waals surface area contributed by atoms with Gasteiger partial charge in [-0.25, -0.2) is 4.79 Å². The van der Waals surface area contributed by atoms with Crippen molar-refractivity contribution < 1.29 is 23.8 Å². The summed E-state index contributed by atoms with van der Waals surface area (Å²) in [4.78, 5) is 23.4. The molecule has 6 nitrogen and oxygen atoms in total. The van der Waals surface area contributed by atoms with Crippen molar-refractivity contribution >= 4 is 29.6 Å². The number of benzene rings is 1. The van der Waals surface area contributed by atoms with E-state index in [9.17, 15) is 9.59 Å². The number of carbonyl (C=O) groups excluding carboxylic acids is 2. The van der Waals surface area contributed by atoms with Gasteiger partial charge >= 0.3 is 5.97 Å². The molecule has 7 heteroatoms. The topological polar surface area (TPSA) is 73.9 Å². The number of carbonyl (C=O) groups is 2. The Hall–Kier alpha value is -2.21. The lowest BCUT2D eigenvalue weighted by Crippen LogP contribution is -2.42. The quantitative estimate of drug-likeness (QED) is 0.548. The maximum atomic E-state index is 11.8. The van der Waals surface area contributed by atoms with Crippen molar-refractivity contribution in [2.75, 3.05) is 20.3 Å². The van der Waals surface area contributed by atoms with E-state index in [-0.39, 0.29) is 18.1 Å². The van der Waals surface area contributed by atoms with Gasteiger partial charge in [-0.2, -0.15) is 0 Å². The molecule has 1 aromatic carbocycles. The highest BCUT2D eigenvalue weighted by atomic mass is 35.5. The maximum absolute atomic E-state index is 11.8. The van der Waals surface area contributed by atoms with Crippen LogP contribution in [0.15, 0.2) is 18.2 Å². The first-order chi connectivity index (χ1) is 12.2. The summed E-state index contributed by atoms with van der Waals surface area (Å²) in [6.07, 6.45) is 3.60. The van der Waals surface area contributed by atoms with Gasteiger partial charge in [0.05, 0.1) is 18.7 Å². The first-order valence-corrected chi connectivity index (χ1v) is 8.70. The molecule has 26 heavy (non-hydrogen) atoms. The second-order valence-corrected chi connectivity index (χ2v) is 7.03. The van der Waals surface area contributed by atoms with Crippen LogP contribution in [-0.2, 0) is 14.3 Å². The number of ether oxygens (including phenoxy) is 3. The number of rotatable bonds is 8. The van der Waals surface area contributed by atoms with Crippen LogP contribution in [0.25, 0.3) is 6.08 Å². The van der Waals surface area contributed by atoms with Crippen LogP contribution in [0, 0.1) is 0 Å². The van der Waals surface area contributed by atoms with Crippen molar-refractivity contribution in [1.29, 1.82) is 0 Å². The molecule has 0 atom stereocenters. The number of hydrogen-bond acceptors (Lipinski definition) is 5. The van der Waals surface area contributed by atoms with Crippen molar-refractivity contribution in [2.24, 2.45) is 0 Å². The second kappa shape index (κ2) is 10.1. The monoisotopic (exact) mass is 383 g/mol. The Morgan fingerprint density at radius 3 is 2.54 bits per heavy atom. The van der Waals surface area contributed by atoms with Gasteiger partial charge in [0.15, 0.2) is 18.1 Å². The van der Waals surface area contributed by atoms with Crippen LogP contribution in [0.4, 0.5) is 0 Å². The van der Waals surface area contributed by atoms with E-state index >= 15 is 0 Å². The first-order valence-electron chi connectivity index (χ1n) is 8.32. The van der Waals surface area contributed by atoms with Crippen LogP contribution in [0.5, 0.6) is 11.5 Å². The molecule has 0 saturated heterocycles. The van der Waals surface area contributed by atoms with Crippen molar-refractivity contribution in [3.63, 3.8) is 0 Å². The fourth-order valence-corrected chi connectivity index (χ4v) is 2.26. The highest BCUT2D eigenvalue weighted by Gasteiger charge is 2.15. The largest absolute Gasteiger partial charge is 0.493 e. The summed E-state index contributed by atoms with van der Waals surface area (Å²) in [5.41, 5.74) is 0.264. The van der Waals surface area contributed by atoms with E-state index in [2.05, 4.69) is 5.32 Å². The summed E-state index contributed by atoms with van der Waals surface area (Å²) in [5.74, 6) is -0.0463. The van der Waals surface area contributed by atoms with E-state index in [1.807, 2.05) is 27.7 Å². The highest BCUT2D eigenvalue weighted by Crippen LogP contribution is 2.36. The zero-order valence-corrected chi connectivity index (χ0v) is 16.6. The summed E-state index contributed by atoms with van der Waals surface area (Å²) in [6.45, 7) is 7.71. The van der Waals surface area contributed by atoms with Gasteiger partial charge in [-0.1, -0.05) is 18.5 Å². The zero-order chi connectivity index (χ0) is 19.7. The molecule has 0 aliphatic heterocycles. The fourth-order valence-electron chi connectivity index (χ4n) is 1.98. The van der Waals surface area contributed by atoms with E-state index in [0.717, 1.165) is 6.42 Å². The van der Waals surface area contributed by atoms with Gasteiger partial charge in [-0.15, -0.1) is 0 Å². The SMILES string of the molecule is CCCOc1c(Cl)cc(/C=C/C(=O)OCC(=O)NC(C)(C)C)cc1OC. The Kier molecular flexibility index (Phi) is 8.45. The van der Waals surface area contributed by atoms with Gasteiger partial charge in [0.1, 0.15) is 0 Å². The van der Waals surface area contributed by atoms with Crippen molar-refractivity contribution in [3.8, 4) is 11.5 Å². The third-order valence-electron chi connectivity index (χ3n) is 2.97. The van der Waals surface area contributed by atoms with Crippen LogP contribution >= 0.6 is 11.6 Å². The Morgan fingerprint density at radius 2 is 1.96 bits per heavy atom. The molecule has 1 amide bonds. The molecule has 0 aliphatic carbocycles. The van der Waals surface area contributed by atoms with E-state index in [4.69, 9.17) is 25.8 Å². The van der Waals surface area contributed by atoms with Gasteiger partial charge in [-0.3, -0.25) is 4.79 Å². The van der Waals surface area contributed by atoms with Crippen LogP contribution in [-0.4, -0.2) is 37.7 Å². The summed E-state index contributed by atoms with van der Waals surface area (Å²) in [6, 6.07) is 3.36. The number of methoxy groups -OCH3 is 1. The minimum atomic E-state index is -0.629. The van der Waals surface area contributed by atoms with E-state index in [0.29, 0.717) is 28.7 Å². The smallest absolute Gasteiger partial charge is 0.331 e. The van der Waals surface area contributed by atoms with Gasteiger partial charge in [0, 0.05) is 11.6 Å². The predicted octanol–water partition coefficient (Wildman–Crippen LogP) is 3.61. The molecule has 0 unspecified atom stereocenters. The molecule has 0 aromatic heterocycles. The number of halogens is 1. The maximum Gasteiger partial charge on any atom is 0.331 e. The molecule has 0 bridgehead atoms. The second-order valence-electron chi connectivity index (χ2n) is 6.62. The van der Waals surface area contributed by atoms with Crippen LogP contribution < -0.4 is 14.8 Å². The number of amides is 1. The van der Waals surface area contributed by atoms with Crippen molar-refractivity contribution in [1.82, 2.24) is 5.32 Å². The Bertz CT molecular complexity index is 665. The number of hydrogen-bond donors (Lipinski definition) is 1. The van der Waals surface area contributed by atoms with Gasteiger partial charge in [0.25, 0.3) is 5.91 Å². The van der Waals surface area contributed by atoms with Crippen LogP contribution in [0.3, 0.4) is 0 Å². The molecular formula is C19H26ClNO5. The lowest BCUT2D eigenvalue weighted by molar-refractivity contribution is -0.144. The lowest BCUT2D eigenvalue weighted by Gasteiger charge is -2.20. The Labute approximate surface area is 159 Å². The molecule has 0 heterocycles. The molecule has 0 aliphatic rings. The summed E-state index contributed by atoms with van der Waals surface area (Å²) in [7, 11) is 1.51. The zero-order valence-electron chi connectivity index (χ0n) is 15.8. The molecule has 0 radical (unpaired) electrons. The Balaban J connectivity index is 2.71. The molecule has 0 fully saturated rings. The van der Waals surface area contributed by atoms with Gasteiger partial charge in [0.2, 0.25) is 0 Å². The summed E-state index contributed by atoms with van der Waals surface area (Å²) in [5, 5.41) is 3.09. The standard InChI is InChI=1S/C19H26ClNO5/c1-6-9-25-18-14(20)10-13(11-15(18)24-5)7-8-17(23)26-12-16(22)21-19(2,3)4/h7-8,10-11H,6,9,12H2,1-5H3,(H,21,22)/b8-7+. The average molecular weight is 384 g/mol. The van der Waals surface area contributed by atoms with Gasteiger partial charge < -0.3 is 19.5 Å². The highest BCUT2D eigenvalue weighted by molar-refractivity contribution is 6.32. The van der Waals surface area contributed by atoms with E-state index in [1.54, 1.807) is 12.1 Å². The lowest BCUT2D eigenvalue weighted by atomic mass is 10.1. The minimum absolute atomic E-state index is 0.339. The molecule has 1 N–H and O–H groups in total. The predicted molar refractivity (Wildman–Crippen MR) is 102 cm³/mol. The summed E-state index contributed by atoms with van der Waals surface area (Å²) < 4.78 is 15.8. The number of esters is 1. The summed E-state index contributed by atoms with van der Waals surface area (Å²) >= 11 is 6.22. The minimum Gasteiger partial charge on any atom is -0.493 e.